The Balaban J connectivity index is 2.34. The molecule has 0 fully saturated rings. The summed E-state index contributed by atoms with van der Waals surface area (Å²) in [4.78, 5) is 0. The molecule has 0 unspecified atom stereocenters. The molecule has 0 nitrogen and oxygen atoms in total. The van der Waals surface area contributed by atoms with Crippen molar-refractivity contribution in [1.29, 1.82) is 0 Å². The second-order valence-corrected chi connectivity index (χ2v) is 5.22. The average molecular weight is 252 g/mol. The summed E-state index contributed by atoms with van der Waals surface area (Å²) < 4.78 is 0. The molecule has 19 heavy (non-hydrogen) atoms. The normalized spacial score (nSPS) is 10.6. The van der Waals surface area contributed by atoms with Gasteiger partial charge in [-0.15, -0.1) is 0 Å². The lowest BCUT2D eigenvalue weighted by Crippen LogP contribution is -2.01. The molecule has 0 saturated carbocycles. The SMILES string of the molecule is CCCc1cccc(CCC)c1Cc1ccccc1. The van der Waals surface area contributed by atoms with Crippen LogP contribution in [0, 0.1) is 0 Å². The van der Waals surface area contributed by atoms with Gasteiger partial charge in [0.25, 0.3) is 0 Å². The van der Waals surface area contributed by atoms with Crippen molar-refractivity contribution in [2.75, 3.05) is 0 Å². The molecule has 0 heterocycles. The summed E-state index contributed by atoms with van der Waals surface area (Å²) in [6.45, 7) is 4.53. The molecule has 0 amide bonds. The summed E-state index contributed by atoms with van der Waals surface area (Å²) in [6, 6.07) is 17.7. The van der Waals surface area contributed by atoms with Gasteiger partial charge in [0.15, 0.2) is 0 Å². The van der Waals surface area contributed by atoms with Crippen LogP contribution in [0.25, 0.3) is 0 Å². The zero-order valence-electron chi connectivity index (χ0n) is 12.2. The fraction of sp³-hybridized carbons (Fsp3) is 0.368. The van der Waals surface area contributed by atoms with E-state index in [1.165, 1.54) is 42.4 Å². The number of rotatable bonds is 6. The van der Waals surface area contributed by atoms with E-state index in [2.05, 4.69) is 62.4 Å². The van der Waals surface area contributed by atoms with Gasteiger partial charge in [0.05, 0.1) is 0 Å². The molecule has 0 aromatic heterocycles. The molecule has 0 N–H and O–H groups in total. The van der Waals surface area contributed by atoms with Gasteiger partial charge in [-0.25, -0.2) is 0 Å². The van der Waals surface area contributed by atoms with Gasteiger partial charge in [0, 0.05) is 0 Å². The second kappa shape index (κ2) is 7.13. The molecule has 100 valence electrons. The third-order valence-corrected chi connectivity index (χ3v) is 3.63. The van der Waals surface area contributed by atoms with Gasteiger partial charge in [0.1, 0.15) is 0 Å². The maximum absolute atomic E-state index is 2.31. The minimum absolute atomic E-state index is 1.08. The highest BCUT2D eigenvalue weighted by molar-refractivity contribution is 5.39. The minimum atomic E-state index is 1.08. The van der Waals surface area contributed by atoms with E-state index < -0.39 is 0 Å². The lowest BCUT2D eigenvalue weighted by Gasteiger charge is -2.14. The number of benzene rings is 2. The van der Waals surface area contributed by atoms with Crippen LogP contribution in [0.3, 0.4) is 0 Å². The number of aryl methyl sites for hydroxylation is 2. The van der Waals surface area contributed by atoms with E-state index in [0.29, 0.717) is 0 Å². The number of hydrogen-bond donors (Lipinski definition) is 0. The molecule has 0 atom stereocenters. The first-order chi connectivity index (χ1) is 9.35. The lowest BCUT2D eigenvalue weighted by atomic mass is 9.91. The summed E-state index contributed by atoms with van der Waals surface area (Å²) in [5, 5.41) is 0. The van der Waals surface area contributed by atoms with Crippen molar-refractivity contribution >= 4 is 0 Å². The van der Waals surface area contributed by atoms with E-state index in [-0.39, 0.29) is 0 Å². The molecule has 0 aliphatic heterocycles. The van der Waals surface area contributed by atoms with Crippen LogP contribution in [-0.4, -0.2) is 0 Å². The highest BCUT2D eigenvalue weighted by Gasteiger charge is 2.08. The Bertz CT molecular complexity index is 472. The van der Waals surface area contributed by atoms with Gasteiger partial charge < -0.3 is 0 Å². The van der Waals surface area contributed by atoms with Crippen LogP contribution in [0.5, 0.6) is 0 Å². The van der Waals surface area contributed by atoms with Crippen molar-refractivity contribution in [3.05, 3.63) is 70.8 Å². The molecule has 0 heteroatoms. The van der Waals surface area contributed by atoms with Crippen LogP contribution in [0.4, 0.5) is 0 Å². The van der Waals surface area contributed by atoms with Gasteiger partial charge in [-0.2, -0.15) is 0 Å². The van der Waals surface area contributed by atoms with Crippen LogP contribution < -0.4 is 0 Å². The average Bonchev–Trinajstić information content (AvgIpc) is 2.44. The standard InChI is InChI=1S/C19H24/c1-3-9-17-13-8-14-18(10-4-2)19(17)15-16-11-6-5-7-12-16/h5-8,11-14H,3-4,9-10,15H2,1-2H3. The first-order valence-electron chi connectivity index (χ1n) is 7.48. The fourth-order valence-electron chi connectivity index (χ4n) is 2.72. The maximum atomic E-state index is 2.31. The molecule has 0 saturated heterocycles. The quantitative estimate of drug-likeness (QED) is 0.664. The Hall–Kier alpha value is -1.56. The van der Waals surface area contributed by atoms with E-state index in [0.717, 1.165) is 6.42 Å². The van der Waals surface area contributed by atoms with E-state index in [1.807, 2.05) is 0 Å². The van der Waals surface area contributed by atoms with Gasteiger partial charge in [-0.05, 0) is 41.5 Å². The molecular formula is C19H24. The van der Waals surface area contributed by atoms with Crippen LogP contribution in [-0.2, 0) is 19.3 Å². The van der Waals surface area contributed by atoms with Gasteiger partial charge in [-0.1, -0.05) is 75.2 Å². The Kier molecular flexibility index (Phi) is 5.20. The minimum Gasteiger partial charge on any atom is -0.0651 e. The van der Waals surface area contributed by atoms with Crippen LogP contribution >= 0.6 is 0 Å². The first kappa shape index (κ1) is 13.9. The number of hydrogen-bond acceptors (Lipinski definition) is 0. The van der Waals surface area contributed by atoms with E-state index in [9.17, 15) is 0 Å². The van der Waals surface area contributed by atoms with Crippen molar-refractivity contribution < 1.29 is 0 Å². The maximum Gasteiger partial charge on any atom is -0.00203 e. The highest BCUT2D eigenvalue weighted by atomic mass is 14.1. The van der Waals surface area contributed by atoms with Crippen molar-refractivity contribution in [3.8, 4) is 0 Å². The summed E-state index contributed by atoms with van der Waals surface area (Å²) in [5.74, 6) is 0. The summed E-state index contributed by atoms with van der Waals surface area (Å²) in [7, 11) is 0. The zero-order valence-corrected chi connectivity index (χ0v) is 12.2. The van der Waals surface area contributed by atoms with E-state index >= 15 is 0 Å². The summed E-state index contributed by atoms with van der Waals surface area (Å²) >= 11 is 0. The summed E-state index contributed by atoms with van der Waals surface area (Å²) in [5.41, 5.74) is 6.07. The van der Waals surface area contributed by atoms with Gasteiger partial charge >= 0.3 is 0 Å². The highest BCUT2D eigenvalue weighted by Crippen LogP contribution is 2.22. The third kappa shape index (κ3) is 3.70. The van der Waals surface area contributed by atoms with Crippen molar-refractivity contribution in [1.82, 2.24) is 0 Å². The Labute approximate surface area is 117 Å². The molecule has 0 aliphatic carbocycles. The molecule has 0 spiro atoms. The Morgan fingerprint density at radius 3 is 1.79 bits per heavy atom. The Morgan fingerprint density at radius 2 is 1.26 bits per heavy atom. The van der Waals surface area contributed by atoms with Crippen LogP contribution in [0.2, 0.25) is 0 Å². The zero-order chi connectivity index (χ0) is 13.5. The second-order valence-electron chi connectivity index (χ2n) is 5.22. The molecule has 0 aliphatic rings. The Morgan fingerprint density at radius 1 is 0.684 bits per heavy atom. The molecule has 2 aromatic carbocycles. The first-order valence-corrected chi connectivity index (χ1v) is 7.48. The van der Waals surface area contributed by atoms with E-state index in [1.54, 1.807) is 5.56 Å². The van der Waals surface area contributed by atoms with Crippen molar-refractivity contribution in [2.45, 2.75) is 46.0 Å². The molecular weight excluding hydrogens is 228 g/mol. The van der Waals surface area contributed by atoms with Gasteiger partial charge in [0.2, 0.25) is 0 Å². The van der Waals surface area contributed by atoms with Crippen molar-refractivity contribution in [2.24, 2.45) is 0 Å². The van der Waals surface area contributed by atoms with Crippen LogP contribution in [0.15, 0.2) is 48.5 Å². The lowest BCUT2D eigenvalue weighted by molar-refractivity contribution is 0.867. The monoisotopic (exact) mass is 252 g/mol. The topological polar surface area (TPSA) is 0 Å². The molecule has 2 rings (SSSR count). The van der Waals surface area contributed by atoms with Crippen molar-refractivity contribution in [3.63, 3.8) is 0 Å². The predicted octanol–water partition coefficient (Wildman–Crippen LogP) is 5.18. The predicted molar refractivity (Wildman–Crippen MR) is 83.7 cm³/mol. The fourth-order valence-corrected chi connectivity index (χ4v) is 2.72. The van der Waals surface area contributed by atoms with Crippen LogP contribution in [0.1, 0.15) is 48.9 Å². The van der Waals surface area contributed by atoms with Gasteiger partial charge in [-0.3, -0.25) is 0 Å². The summed E-state index contributed by atoms with van der Waals surface area (Å²) in [6.07, 6.45) is 5.90. The smallest absolute Gasteiger partial charge is 0.00203 e. The molecule has 2 aromatic rings. The molecule has 0 radical (unpaired) electrons. The van der Waals surface area contributed by atoms with E-state index in [4.69, 9.17) is 0 Å². The molecule has 0 bridgehead atoms. The third-order valence-electron chi connectivity index (χ3n) is 3.63. The largest absolute Gasteiger partial charge is 0.0651 e.